The number of hydrogen-bond donors (Lipinski definition) is 0. The number of methoxy groups -OCH3 is 2. The third-order valence-corrected chi connectivity index (χ3v) is 4.79. The van der Waals surface area contributed by atoms with Crippen LogP contribution >= 0.6 is 11.3 Å². The van der Waals surface area contributed by atoms with Crippen molar-refractivity contribution in [2.45, 2.75) is 12.8 Å². The highest BCUT2D eigenvalue weighted by Crippen LogP contribution is 2.26. The average molecular weight is 384 g/mol. The van der Waals surface area contributed by atoms with Crippen molar-refractivity contribution in [2.24, 2.45) is 0 Å². The van der Waals surface area contributed by atoms with Crippen LogP contribution in [-0.2, 0) is 11.2 Å². The van der Waals surface area contributed by atoms with Gasteiger partial charge in [-0.1, -0.05) is 0 Å². The molecule has 3 rings (SSSR count). The van der Waals surface area contributed by atoms with Gasteiger partial charge in [-0.15, -0.1) is 11.3 Å². The number of aryl methyl sites for hydroxylation is 1. The van der Waals surface area contributed by atoms with E-state index in [1.165, 1.54) is 11.3 Å². The molecule has 0 bridgehead atoms. The predicted molar refractivity (Wildman–Crippen MR) is 103 cm³/mol. The van der Waals surface area contributed by atoms with Gasteiger partial charge < -0.3 is 14.2 Å². The molecule has 2 aromatic heterocycles. The molecular formula is C20H20N2O4S. The molecule has 0 saturated heterocycles. The molecule has 0 aliphatic heterocycles. The Labute approximate surface area is 161 Å². The normalized spacial score (nSPS) is 10.4. The summed E-state index contributed by atoms with van der Waals surface area (Å²) in [5.74, 6) is 1.09. The molecule has 0 spiro atoms. The molecule has 0 fully saturated rings. The van der Waals surface area contributed by atoms with Gasteiger partial charge in [0, 0.05) is 17.1 Å². The minimum Gasteiger partial charge on any atom is -0.497 e. The second-order valence-corrected chi connectivity index (χ2v) is 6.60. The number of benzene rings is 1. The summed E-state index contributed by atoms with van der Waals surface area (Å²) in [5, 5.41) is 2.49. The number of rotatable bonds is 8. The van der Waals surface area contributed by atoms with E-state index >= 15 is 0 Å². The highest BCUT2D eigenvalue weighted by Gasteiger charge is 2.13. The van der Waals surface area contributed by atoms with Crippen molar-refractivity contribution in [3.63, 3.8) is 0 Å². The van der Waals surface area contributed by atoms with Crippen LogP contribution in [0.2, 0.25) is 0 Å². The average Bonchev–Trinajstić information content (AvgIpc) is 3.21. The molecule has 0 N–H and O–H groups in total. The van der Waals surface area contributed by atoms with Crippen molar-refractivity contribution in [3.8, 4) is 22.1 Å². The van der Waals surface area contributed by atoms with Crippen molar-refractivity contribution >= 4 is 17.3 Å². The van der Waals surface area contributed by atoms with Crippen LogP contribution in [0.4, 0.5) is 0 Å². The summed E-state index contributed by atoms with van der Waals surface area (Å²) < 4.78 is 15.6. The Hall–Kier alpha value is -2.93. The van der Waals surface area contributed by atoms with Crippen LogP contribution in [0, 0.1) is 0 Å². The molecule has 0 amide bonds. The van der Waals surface area contributed by atoms with E-state index in [0.29, 0.717) is 18.7 Å². The number of hydrogen-bond acceptors (Lipinski definition) is 7. The van der Waals surface area contributed by atoms with Gasteiger partial charge in [0.05, 0.1) is 27.0 Å². The molecule has 140 valence electrons. The van der Waals surface area contributed by atoms with Crippen LogP contribution in [0.15, 0.2) is 48.1 Å². The van der Waals surface area contributed by atoms with E-state index in [1.54, 1.807) is 32.0 Å². The van der Waals surface area contributed by atoms with Gasteiger partial charge in [0.1, 0.15) is 16.5 Å². The third kappa shape index (κ3) is 5.04. The molecule has 27 heavy (non-hydrogen) atoms. The smallest absolute Gasteiger partial charge is 0.357 e. The maximum atomic E-state index is 12.2. The minimum atomic E-state index is -0.408. The summed E-state index contributed by atoms with van der Waals surface area (Å²) in [6, 6.07) is 9.48. The zero-order valence-electron chi connectivity index (χ0n) is 15.2. The Kier molecular flexibility index (Phi) is 6.38. The predicted octanol–water partition coefficient (Wildman–Crippen LogP) is 4.01. The minimum absolute atomic E-state index is 0.325. The van der Waals surface area contributed by atoms with Crippen LogP contribution in [0.5, 0.6) is 11.5 Å². The Morgan fingerprint density at radius 2 is 1.85 bits per heavy atom. The lowest BCUT2D eigenvalue weighted by atomic mass is 10.1. The van der Waals surface area contributed by atoms with E-state index in [1.807, 2.05) is 30.3 Å². The Morgan fingerprint density at radius 1 is 1.07 bits per heavy atom. The summed E-state index contributed by atoms with van der Waals surface area (Å²) in [7, 11) is 3.23. The van der Waals surface area contributed by atoms with Crippen LogP contribution in [-0.4, -0.2) is 36.8 Å². The molecule has 6 nitrogen and oxygen atoms in total. The van der Waals surface area contributed by atoms with Gasteiger partial charge in [-0.05, 0) is 48.7 Å². The van der Waals surface area contributed by atoms with Crippen LogP contribution in [0.3, 0.4) is 0 Å². The fourth-order valence-corrected chi connectivity index (χ4v) is 3.26. The Bertz CT molecular complexity index is 893. The lowest BCUT2D eigenvalue weighted by Crippen LogP contribution is -2.07. The van der Waals surface area contributed by atoms with Gasteiger partial charge in [-0.2, -0.15) is 0 Å². The van der Waals surface area contributed by atoms with E-state index in [-0.39, 0.29) is 0 Å². The first-order valence-corrected chi connectivity index (χ1v) is 9.32. The second kappa shape index (κ2) is 9.14. The van der Waals surface area contributed by atoms with Gasteiger partial charge in [0.15, 0.2) is 5.69 Å². The molecule has 7 heteroatoms. The van der Waals surface area contributed by atoms with Gasteiger partial charge in [-0.25, -0.2) is 9.78 Å². The Morgan fingerprint density at radius 3 is 2.59 bits per heavy atom. The zero-order chi connectivity index (χ0) is 19.1. The fourth-order valence-electron chi connectivity index (χ4n) is 2.46. The van der Waals surface area contributed by atoms with Crippen molar-refractivity contribution < 1.29 is 19.0 Å². The third-order valence-electron chi connectivity index (χ3n) is 3.90. The number of carbonyl (C=O) groups excluding carboxylic acids is 1. The maximum absolute atomic E-state index is 12.2. The van der Waals surface area contributed by atoms with Gasteiger partial charge in [0.2, 0.25) is 0 Å². The lowest BCUT2D eigenvalue weighted by Gasteiger charge is -2.05. The zero-order valence-corrected chi connectivity index (χ0v) is 16.0. The van der Waals surface area contributed by atoms with E-state index in [0.717, 1.165) is 34.1 Å². The number of esters is 1. The molecular weight excluding hydrogens is 364 g/mol. The van der Waals surface area contributed by atoms with Crippen LogP contribution in [0.25, 0.3) is 10.6 Å². The number of carbonyl (C=O) groups is 1. The van der Waals surface area contributed by atoms with Gasteiger partial charge in [-0.3, -0.25) is 4.98 Å². The summed E-state index contributed by atoms with van der Waals surface area (Å²) in [5.41, 5.74) is 2.31. The first kappa shape index (κ1) is 18.8. The van der Waals surface area contributed by atoms with Crippen LogP contribution in [0.1, 0.15) is 22.5 Å². The Balaban J connectivity index is 1.50. The number of nitrogens with zero attached hydrogens (tertiary/aromatic N) is 2. The van der Waals surface area contributed by atoms with Gasteiger partial charge in [0.25, 0.3) is 0 Å². The van der Waals surface area contributed by atoms with Crippen LogP contribution < -0.4 is 9.47 Å². The highest BCUT2D eigenvalue weighted by molar-refractivity contribution is 7.13. The number of thiazole rings is 1. The molecule has 2 heterocycles. The summed E-state index contributed by atoms with van der Waals surface area (Å²) in [6.45, 7) is 0.325. The van der Waals surface area contributed by atoms with Crippen molar-refractivity contribution in [1.29, 1.82) is 0 Å². The lowest BCUT2D eigenvalue weighted by molar-refractivity contribution is 0.0494. The molecule has 0 unspecified atom stereocenters. The van der Waals surface area contributed by atoms with Gasteiger partial charge >= 0.3 is 5.97 Å². The SMILES string of the molecule is COc1ccc(-c2nc(C(=O)OCCCc3cncc(OC)c3)cs2)cc1. The summed E-state index contributed by atoms with van der Waals surface area (Å²) >= 11 is 1.41. The molecule has 1 aromatic carbocycles. The number of pyridine rings is 1. The van der Waals surface area contributed by atoms with Crippen molar-refractivity contribution in [2.75, 3.05) is 20.8 Å². The van der Waals surface area contributed by atoms with E-state index in [4.69, 9.17) is 14.2 Å². The first-order chi connectivity index (χ1) is 13.2. The fraction of sp³-hybridized carbons (Fsp3) is 0.250. The van der Waals surface area contributed by atoms with E-state index in [9.17, 15) is 4.79 Å². The molecule has 0 atom stereocenters. The standard InChI is InChI=1S/C20H20N2O4S/c1-24-16-7-5-15(6-8-16)19-22-18(13-27-19)20(23)26-9-3-4-14-10-17(25-2)12-21-11-14/h5-8,10-13H,3-4,9H2,1-2H3. The topological polar surface area (TPSA) is 70.5 Å². The number of aromatic nitrogens is 2. The largest absolute Gasteiger partial charge is 0.497 e. The van der Waals surface area contributed by atoms with Crippen molar-refractivity contribution in [1.82, 2.24) is 9.97 Å². The van der Waals surface area contributed by atoms with E-state index in [2.05, 4.69) is 9.97 Å². The molecule has 0 aliphatic carbocycles. The second-order valence-electron chi connectivity index (χ2n) is 5.74. The molecule has 0 aliphatic rings. The van der Waals surface area contributed by atoms with Crippen molar-refractivity contribution in [3.05, 3.63) is 59.4 Å². The number of ether oxygens (including phenoxy) is 3. The summed E-state index contributed by atoms with van der Waals surface area (Å²) in [6.07, 6.45) is 4.90. The molecule has 0 radical (unpaired) electrons. The first-order valence-electron chi connectivity index (χ1n) is 8.44. The molecule has 0 saturated carbocycles. The molecule has 3 aromatic rings. The highest BCUT2D eigenvalue weighted by atomic mass is 32.1. The van der Waals surface area contributed by atoms with E-state index < -0.39 is 5.97 Å². The monoisotopic (exact) mass is 384 g/mol. The summed E-state index contributed by atoms with van der Waals surface area (Å²) in [4.78, 5) is 20.7. The quantitative estimate of drug-likeness (QED) is 0.432. The maximum Gasteiger partial charge on any atom is 0.357 e.